The lowest BCUT2D eigenvalue weighted by molar-refractivity contribution is -0.384. The maximum absolute atomic E-state index is 13.0. The highest BCUT2D eigenvalue weighted by Crippen LogP contribution is 2.43. The number of nitrogens with one attached hydrogen (secondary N) is 1. The topological polar surface area (TPSA) is 92.1 Å². The first kappa shape index (κ1) is 17.9. The third-order valence-electron chi connectivity index (χ3n) is 5.05. The maximum atomic E-state index is 13.0. The molecule has 7 heteroatoms. The fourth-order valence-corrected chi connectivity index (χ4v) is 3.75. The third kappa shape index (κ3) is 2.85. The molecule has 3 aromatic rings. The minimum absolute atomic E-state index is 0.00947. The summed E-state index contributed by atoms with van der Waals surface area (Å²) in [7, 11) is 0. The quantitative estimate of drug-likeness (QED) is 0.532. The molecule has 1 aliphatic rings. The van der Waals surface area contributed by atoms with Crippen molar-refractivity contribution in [2.75, 3.05) is 6.54 Å². The van der Waals surface area contributed by atoms with Crippen LogP contribution in [0, 0.1) is 17.0 Å². The van der Waals surface area contributed by atoms with Crippen LogP contribution in [-0.2, 0) is 0 Å². The maximum Gasteiger partial charge on any atom is 0.273 e. The number of rotatable bonds is 5. The lowest BCUT2D eigenvalue weighted by Gasteiger charge is -2.25. The number of carbonyl (C=O) groups excluding carboxylic acids is 1. The highest BCUT2D eigenvalue weighted by molar-refractivity contribution is 6.00. The molecular weight excluding hydrogens is 356 g/mol. The van der Waals surface area contributed by atoms with Crippen LogP contribution in [0.3, 0.4) is 0 Å². The van der Waals surface area contributed by atoms with Gasteiger partial charge in [0.1, 0.15) is 5.69 Å². The Morgan fingerprint density at radius 1 is 1.21 bits per heavy atom. The van der Waals surface area contributed by atoms with Crippen LogP contribution in [0.25, 0.3) is 11.3 Å². The van der Waals surface area contributed by atoms with Crippen molar-refractivity contribution in [3.8, 4) is 11.3 Å². The lowest BCUT2D eigenvalue weighted by atomic mass is 9.95. The summed E-state index contributed by atoms with van der Waals surface area (Å²) >= 11 is 0. The molecule has 2 aromatic carbocycles. The Bertz CT molecular complexity index is 1060. The molecule has 0 fully saturated rings. The molecule has 0 saturated carbocycles. The van der Waals surface area contributed by atoms with Gasteiger partial charge in [-0.2, -0.15) is 5.10 Å². The molecule has 0 aliphatic carbocycles. The zero-order valence-corrected chi connectivity index (χ0v) is 15.7. The van der Waals surface area contributed by atoms with Gasteiger partial charge in [-0.15, -0.1) is 0 Å². The minimum atomic E-state index is -0.415. The van der Waals surface area contributed by atoms with Crippen molar-refractivity contribution in [3.63, 3.8) is 0 Å². The molecule has 1 aromatic heterocycles. The van der Waals surface area contributed by atoms with Crippen molar-refractivity contribution in [1.29, 1.82) is 0 Å². The van der Waals surface area contributed by atoms with Crippen LogP contribution in [0.5, 0.6) is 0 Å². The number of hydrogen-bond acceptors (Lipinski definition) is 4. The van der Waals surface area contributed by atoms with Gasteiger partial charge in [-0.05, 0) is 18.9 Å². The molecular formula is C21H20N4O3. The molecule has 0 radical (unpaired) electrons. The van der Waals surface area contributed by atoms with E-state index in [0.717, 1.165) is 23.1 Å². The van der Waals surface area contributed by atoms with Gasteiger partial charge in [-0.3, -0.25) is 20.0 Å². The van der Waals surface area contributed by atoms with E-state index in [1.165, 1.54) is 6.07 Å². The SMILES string of the molecule is CCCN1C(=O)c2[nH]nc(-c3ccc(C)cc3)c2C1c1cccc([N+](=O)[O-])c1. The number of hydrogen-bond donors (Lipinski definition) is 1. The summed E-state index contributed by atoms with van der Waals surface area (Å²) in [6.45, 7) is 4.57. The number of aromatic amines is 1. The van der Waals surface area contributed by atoms with Crippen LogP contribution < -0.4 is 0 Å². The van der Waals surface area contributed by atoms with Crippen molar-refractivity contribution in [2.24, 2.45) is 0 Å². The second-order valence-corrected chi connectivity index (χ2v) is 6.98. The predicted molar refractivity (Wildman–Crippen MR) is 105 cm³/mol. The third-order valence-corrected chi connectivity index (χ3v) is 5.05. The molecule has 2 heterocycles. The number of fused-ring (bicyclic) bond motifs is 1. The van der Waals surface area contributed by atoms with Crippen LogP contribution in [-0.4, -0.2) is 32.5 Å². The number of benzene rings is 2. The van der Waals surface area contributed by atoms with Crippen LogP contribution in [0.15, 0.2) is 48.5 Å². The molecule has 1 aliphatic heterocycles. The first-order valence-electron chi connectivity index (χ1n) is 9.22. The summed E-state index contributed by atoms with van der Waals surface area (Å²) in [5.41, 5.74) is 4.71. The Kier molecular flexibility index (Phi) is 4.43. The molecule has 142 valence electrons. The average molecular weight is 376 g/mol. The van der Waals surface area contributed by atoms with E-state index in [9.17, 15) is 14.9 Å². The largest absolute Gasteiger partial charge is 0.326 e. The monoisotopic (exact) mass is 376 g/mol. The summed E-state index contributed by atoms with van der Waals surface area (Å²) in [6.07, 6.45) is 0.786. The molecule has 0 saturated heterocycles. The number of aromatic nitrogens is 2. The van der Waals surface area contributed by atoms with E-state index in [1.807, 2.05) is 44.2 Å². The Balaban J connectivity index is 1.89. The number of H-pyrrole nitrogens is 1. The number of carbonyl (C=O) groups is 1. The fraction of sp³-hybridized carbons (Fsp3) is 0.238. The van der Waals surface area contributed by atoms with Crippen molar-refractivity contribution < 1.29 is 9.72 Å². The Hall–Kier alpha value is -3.48. The van der Waals surface area contributed by atoms with Crippen molar-refractivity contribution in [3.05, 3.63) is 81.0 Å². The first-order chi connectivity index (χ1) is 13.5. The van der Waals surface area contributed by atoms with Crippen LogP contribution in [0.2, 0.25) is 0 Å². The van der Waals surface area contributed by atoms with Crippen molar-refractivity contribution >= 4 is 11.6 Å². The second kappa shape index (κ2) is 6.92. The van der Waals surface area contributed by atoms with Gasteiger partial charge in [0.15, 0.2) is 0 Å². The summed E-state index contributed by atoms with van der Waals surface area (Å²) in [6, 6.07) is 14.0. The van der Waals surface area contributed by atoms with Gasteiger partial charge in [0, 0.05) is 29.8 Å². The summed E-state index contributed by atoms with van der Waals surface area (Å²) < 4.78 is 0. The second-order valence-electron chi connectivity index (χ2n) is 6.98. The molecule has 28 heavy (non-hydrogen) atoms. The minimum Gasteiger partial charge on any atom is -0.326 e. The van der Waals surface area contributed by atoms with Gasteiger partial charge >= 0.3 is 0 Å². The average Bonchev–Trinajstić information content (AvgIpc) is 3.23. The summed E-state index contributed by atoms with van der Waals surface area (Å²) in [4.78, 5) is 25.6. The van der Waals surface area contributed by atoms with Gasteiger partial charge in [0.2, 0.25) is 0 Å². The molecule has 0 spiro atoms. The van der Waals surface area contributed by atoms with Gasteiger partial charge in [0.25, 0.3) is 11.6 Å². The molecule has 7 nitrogen and oxygen atoms in total. The fourth-order valence-electron chi connectivity index (χ4n) is 3.75. The molecule has 1 atom stereocenters. The number of nitro groups is 1. The number of nitrogens with zero attached hydrogens (tertiary/aromatic N) is 3. The van der Waals surface area contributed by atoms with Gasteiger partial charge < -0.3 is 4.90 Å². The van der Waals surface area contributed by atoms with Crippen LogP contribution in [0.1, 0.15) is 46.6 Å². The normalized spacial score (nSPS) is 15.7. The van der Waals surface area contributed by atoms with E-state index in [1.54, 1.807) is 17.0 Å². The molecule has 1 amide bonds. The molecule has 1 N–H and O–H groups in total. The van der Waals surface area contributed by atoms with Gasteiger partial charge in [-0.1, -0.05) is 48.9 Å². The predicted octanol–water partition coefficient (Wildman–Crippen LogP) is 4.25. The Morgan fingerprint density at radius 2 is 1.96 bits per heavy atom. The number of nitro benzene ring substituents is 1. The molecule has 4 rings (SSSR count). The molecule has 0 bridgehead atoms. The Labute approximate surface area is 162 Å². The summed E-state index contributed by atoms with van der Waals surface area (Å²) in [5, 5.41) is 18.6. The van der Waals surface area contributed by atoms with Gasteiger partial charge in [-0.25, -0.2) is 0 Å². The van der Waals surface area contributed by atoms with E-state index in [-0.39, 0.29) is 11.6 Å². The highest BCUT2D eigenvalue weighted by atomic mass is 16.6. The van der Waals surface area contributed by atoms with Gasteiger partial charge in [0.05, 0.1) is 16.7 Å². The zero-order valence-electron chi connectivity index (χ0n) is 15.7. The van der Waals surface area contributed by atoms with Crippen LogP contribution in [0.4, 0.5) is 5.69 Å². The van der Waals surface area contributed by atoms with Crippen LogP contribution >= 0.6 is 0 Å². The summed E-state index contributed by atoms with van der Waals surface area (Å²) in [5.74, 6) is -0.126. The van der Waals surface area contributed by atoms with E-state index in [4.69, 9.17) is 0 Å². The van der Waals surface area contributed by atoms with E-state index in [0.29, 0.717) is 23.5 Å². The van der Waals surface area contributed by atoms with E-state index >= 15 is 0 Å². The van der Waals surface area contributed by atoms with Crippen molar-refractivity contribution in [2.45, 2.75) is 26.3 Å². The number of amides is 1. The van der Waals surface area contributed by atoms with Crippen molar-refractivity contribution in [1.82, 2.24) is 15.1 Å². The first-order valence-corrected chi connectivity index (χ1v) is 9.22. The lowest BCUT2D eigenvalue weighted by Crippen LogP contribution is -2.30. The van der Waals surface area contributed by atoms with E-state index in [2.05, 4.69) is 10.2 Å². The Morgan fingerprint density at radius 3 is 2.64 bits per heavy atom. The smallest absolute Gasteiger partial charge is 0.273 e. The number of non-ortho nitro benzene ring substituents is 1. The molecule has 1 unspecified atom stereocenters. The highest BCUT2D eigenvalue weighted by Gasteiger charge is 2.42. The number of aryl methyl sites for hydroxylation is 1. The van der Waals surface area contributed by atoms with E-state index < -0.39 is 11.0 Å². The standard InChI is InChI=1S/C21H20N4O3/c1-3-11-24-20(15-5-4-6-16(12-15)25(27)28)17-18(22-23-19(17)21(24)26)14-9-7-13(2)8-10-14/h4-10,12,20H,3,11H2,1-2H3,(H,22,23). The zero-order chi connectivity index (χ0) is 19.8.